The van der Waals surface area contributed by atoms with Gasteiger partial charge in [0.15, 0.2) is 0 Å². The van der Waals surface area contributed by atoms with Gasteiger partial charge in [0, 0.05) is 11.8 Å². The van der Waals surface area contributed by atoms with Gasteiger partial charge in [-0.1, -0.05) is 25.6 Å². The van der Waals surface area contributed by atoms with Crippen molar-refractivity contribution in [2.75, 3.05) is 11.5 Å². The SMILES string of the molecule is C[Si](C)(C)C#Cc1cnc(N)c(N)c1. The molecular formula is C10H15N3Si. The Morgan fingerprint density at radius 1 is 1.29 bits per heavy atom. The van der Waals surface area contributed by atoms with Gasteiger partial charge in [0.25, 0.3) is 0 Å². The zero-order valence-electron chi connectivity index (χ0n) is 8.76. The van der Waals surface area contributed by atoms with E-state index in [0.717, 1.165) is 5.56 Å². The summed E-state index contributed by atoms with van der Waals surface area (Å²) in [4.78, 5) is 3.95. The van der Waals surface area contributed by atoms with Gasteiger partial charge in [0.05, 0.1) is 5.69 Å². The van der Waals surface area contributed by atoms with Crippen LogP contribution in [0.5, 0.6) is 0 Å². The summed E-state index contributed by atoms with van der Waals surface area (Å²) in [5, 5.41) is 0. The quantitative estimate of drug-likeness (QED) is 0.498. The summed E-state index contributed by atoms with van der Waals surface area (Å²) in [5.41, 5.74) is 15.7. The highest BCUT2D eigenvalue weighted by molar-refractivity contribution is 6.83. The number of nitrogens with two attached hydrogens (primary N) is 2. The van der Waals surface area contributed by atoms with Crippen LogP contribution in [0, 0.1) is 11.5 Å². The first-order chi connectivity index (χ1) is 6.38. The molecule has 0 fully saturated rings. The fourth-order valence-corrected chi connectivity index (χ4v) is 1.34. The molecule has 0 aromatic carbocycles. The third-order valence-electron chi connectivity index (χ3n) is 1.53. The summed E-state index contributed by atoms with van der Waals surface area (Å²) in [6.45, 7) is 6.57. The summed E-state index contributed by atoms with van der Waals surface area (Å²) < 4.78 is 0. The molecule has 4 heteroatoms. The minimum atomic E-state index is -1.33. The van der Waals surface area contributed by atoms with Crippen molar-refractivity contribution in [3.8, 4) is 11.5 Å². The molecule has 1 heterocycles. The van der Waals surface area contributed by atoms with Gasteiger partial charge in [-0.15, -0.1) is 5.54 Å². The Morgan fingerprint density at radius 2 is 1.93 bits per heavy atom. The first kappa shape index (κ1) is 10.6. The highest BCUT2D eigenvalue weighted by atomic mass is 28.3. The molecule has 0 bridgehead atoms. The first-order valence-corrected chi connectivity index (χ1v) is 7.93. The van der Waals surface area contributed by atoms with Crippen LogP contribution in [0.4, 0.5) is 11.5 Å². The molecule has 74 valence electrons. The monoisotopic (exact) mass is 205 g/mol. The Morgan fingerprint density at radius 3 is 2.43 bits per heavy atom. The normalized spacial score (nSPS) is 10.5. The second kappa shape index (κ2) is 3.72. The smallest absolute Gasteiger partial charge is 0.146 e. The Kier molecular flexibility index (Phi) is 2.82. The van der Waals surface area contributed by atoms with Gasteiger partial charge in [-0.25, -0.2) is 4.98 Å². The van der Waals surface area contributed by atoms with E-state index in [1.54, 1.807) is 12.3 Å². The van der Waals surface area contributed by atoms with Gasteiger partial charge in [-0.3, -0.25) is 0 Å². The van der Waals surface area contributed by atoms with E-state index in [9.17, 15) is 0 Å². The van der Waals surface area contributed by atoms with E-state index in [1.165, 1.54) is 0 Å². The highest BCUT2D eigenvalue weighted by Gasteiger charge is 2.07. The van der Waals surface area contributed by atoms with E-state index in [-0.39, 0.29) is 0 Å². The number of rotatable bonds is 0. The maximum atomic E-state index is 5.62. The van der Waals surface area contributed by atoms with Crippen LogP contribution in [0.1, 0.15) is 5.56 Å². The molecule has 0 radical (unpaired) electrons. The number of hydrogen-bond donors (Lipinski definition) is 2. The van der Waals surface area contributed by atoms with E-state index in [4.69, 9.17) is 11.5 Å². The van der Waals surface area contributed by atoms with Crippen LogP contribution in [0.3, 0.4) is 0 Å². The molecule has 0 amide bonds. The number of hydrogen-bond acceptors (Lipinski definition) is 3. The fourth-order valence-electron chi connectivity index (χ4n) is 0.820. The van der Waals surface area contributed by atoms with Crippen molar-refractivity contribution in [2.45, 2.75) is 19.6 Å². The first-order valence-electron chi connectivity index (χ1n) is 4.43. The minimum absolute atomic E-state index is 0.364. The van der Waals surface area contributed by atoms with E-state index in [0.29, 0.717) is 11.5 Å². The third kappa shape index (κ3) is 3.11. The van der Waals surface area contributed by atoms with Crippen LogP contribution >= 0.6 is 0 Å². The second-order valence-corrected chi connectivity index (χ2v) is 8.95. The lowest BCUT2D eigenvalue weighted by molar-refractivity contribution is 1.32. The Bertz CT molecular complexity index is 396. The predicted octanol–water partition coefficient (Wildman–Crippen LogP) is 1.47. The van der Waals surface area contributed by atoms with Crippen molar-refractivity contribution in [2.24, 2.45) is 0 Å². The molecular weight excluding hydrogens is 190 g/mol. The second-order valence-electron chi connectivity index (χ2n) is 4.20. The highest BCUT2D eigenvalue weighted by Crippen LogP contribution is 2.11. The van der Waals surface area contributed by atoms with Crippen LogP contribution in [0.15, 0.2) is 12.3 Å². The van der Waals surface area contributed by atoms with Crippen molar-refractivity contribution in [1.29, 1.82) is 0 Å². The number of nitrogen functional groups attached to an aromatic ring is 2. The lowest BCUT2D eigenvalue weighted by Crippen LogP contribution is -2.16. The molecule has 3 nitrogen and oxygen atoms in total. The summed E-state index contributed by atoms with van der Waals surface area (Å²) in [6, 6.07) is 1.76. The summed E-state index contributed by atoms with van der Waals surface area (Å²) >= 11 is 0. The molecule has 0 aliphatic carbocycles. The number of nitrogens with zero attached hydrogens (tertiary/aromatic N) is 1. The maximum Gasteiger partial charge on any atom is 0.146 e. The van der Waals surface area contributed by atoms with Gasteiger partial charge >= 0.3 is 0 Å². The molecule has 0 aliphatic heterocycles. The standard InChI is InChI=1S/C10H15N3Si/c1-14(2,3)5-4-8-6-9(11)10(12)13-7-8/h6-7H,11H2,1-3H3,(H2,12,13). The third-order valence-corrected chi connectivity index (χ3v) is 2.41. The summed E-state index contributed by atoms with van der Waals surface area (Å²) in [6.07, 6.45) is 1.65. The van der Waals surface area contributed by atoms with Crippen LogP contribution < -0.4 is 11.5 Å². The Balaban J connectivity index is 2.98. The number of aromatic nitrogens is 1. The molecule has 0 spiro atoms. The molecule has 1 aromatic rings. The van der Waals surface area contributed by atoms with Gasteiger partial charge in [0.2, 0.25) is 0 Å². The lowest BCUT2D eigenvalue weighted by atomic mass is 10.3. The summed E-state index contributed by atoms with van der Waals surface area (Å²) in [5.74, 6) is 3.43. The van der Waals surface area contributed by atoms with E-state index in [1.807, 2.05) is 0 Å². The number of anilines is 2. The average Bonchev–Trinajstić information content (AvgIpc) is 2.06. The average molecular weight is 205 g/mol. The molecule has 0 saturated heterocycles. The van der Waals surface area contributed by atoms with Gasteiger partial charge in [-0.05, 0) is 6.07 Å². The van der Waals surface area contributed by atoms with Crippen molar-refractivity contribution >= 4 is 19.6 Å². The van der Waals surface area contributed by atoms with Crippen molar-refractivity contribution in [3.63, 3.8) is 0 Å². The minimum Gasteiger partial charge on any atom is -0.396 e. The Hall–Kier alpha value is -1.47. The molecule has 1 rings (SSSR count). The van der Waals surface area contributed by atoms with E-state index in [2.05, 4.69) is 36.1 Å². The summed E-state index contributed by atoms with van der Waals surface area (Å²) in [7, 11) is -1.33. The van der Waals surface area contributed by atoms with E-state index >= 15 is 0 Å². The lowest BCUT2D eigenvalue weighted by Gasteiger charge is -2.03. The molecule has 0 atom stereocenters. The largest absolute Gasteiger partial charge is 0.396 e. The molecule has 1 aromatic heterocycles. The zero-order valence-corrected chi connectivity index (χ0v) is 9.76. The van der Waals surface area contributed by atoms with Crippen molar-refractivity contribution < 1.29 is 0 Å². The van der Waals surface area contributed by atoms with Gasteiger partial charge in [0.1, 0.15) is 13.9 Å². The van der Waals surface area contributed by atoms with Crippen LogP contribution in [0.2, 0.25) is 19.6 Å². The zero-order chi connectivity index (χ0) is 10.8. The van der Waals surface area contributed by atoms with Crippen LogP contribution in [-0.4, -0.2) is 13.1 Å². The number of pyridine rings is 1. The van der Waals surface area contributed by atoms with Gasteiger partial charge in [-0.2, -0.15) is 0 Å². The topological polar surface area (TPSA) is 64.9 Å². The fraction of sp³-hybridized carbons (Fsp3) is 0.300. The predicted molar refractivity (Wildman–Crippen MR) is 63.3 cm³/mol. The van der Waals surface area contributed by atoms with Gasteiger partial charge < -0.3 is 11.5 Å². The molecule has 4 N–H and O–H groups in total. The molecule has 0 aliphatic rings. The van der Waals surface area contributed by atoms with E-state index < -0.39 is 8.07 Å². The molecule has 14 heavy (non-hydrogen) atoms. The van der Waals surface area contributed by atoms with Crippen molar-refractivity contribution in [3.05, 3.63) is 17.8 Å². The van der Waals surface area contributed by atoms with Crippen molar-refractivity contribution in [1.82, 2.24) is 4.98 Å². The van der Waals surface area contributed by atoms with Crippen LogP contribution in [-0.2, 0) is 0 Å². The molecule has 0 unspecified atom stereocenters. The maximum absolute atomic E-state index is 5.62. The molecule has 0 saturated carbocycles. The Labute approximate surface area is 85.5 Å². The van der Waals surface area contributed by atoms with Crippen LogP contribution in [0.25, 0.3) is 0 Å².